The molecule has 1 saturated heterocycles. The van der Waals surface area contributed by atoms with E-state index < -0.39 is 0 Å². The number of nitrogens with zero attached hydrogens (tertiary/aromatic N) is 2. The minimum atomic E-state index is 0.143. The third-order valence-electron chi connectivity index (χ3n) is 2.53. The molecule has 0 unspecified atom stereocenters. The fraction of sp³-hybridized carbons (Fsp3) is 0.545. The molecular formula is C11H15BrN2O2. The lowest BCUT2D eigenvalue weighted by Gasteiger charge is -2.33. The molecule has 1 aliphatic heterocycles. The molecule has 1 aromatic heterocycles. The van der Waals surface area contributed by atoms with Crippen molar-refractivity contribution >= 4 is 21.7 Å². The number of aromatic nitrogens is 1. The van der Waals surface area contributed by atoms with Crippen molar-refractivity contribution in [1.82, 2.24) is 4.98 Å². The topological polar surface area (TPSA) is 34.6 Å². The van der Waals surface area contributed by atoms with E-state index in [1.165, 1.54) is 0 Å². The van der Waals surface area contributed by atoms with Crippen LogP contribution in [0.25, 0.3) is 0 Å². The van der Waals surface area contributed by atoms with E-state index in [1.54, 1.807) is 7.11 Å². The Bertz CT molecular complexity index is 329. The highest BCUT2D eigenvalue weighted by molar-refractivity contribution is 9.10. The smallest absolute Gasteiger partial charge is 0.128 e. The van der Waals surface area contributed by atoms with Crippen molar-refractivity contribution < 1.29 is 9.47 Å². The molecule has 0 saturated carbocycles. The number of hydrogen-bond donors (Lipinski definition) is 0. The summed E-state index contributed by atoms with van der Waals surface area (Å²) in [6.07, 6.45) is 1.96. The number of rotatable bonds is 3. The van der Waals surface area contributed by atoms with Crippen molar-refractivity contribution in [2.45, 2.75) is 6.10 Å². The summed E-state index contributed by atoms with van der Waals surface area (Å²) in [4.78, 5) is 6.60. The molecule has 1 aliphatic rings. The van der Waals surface area contributed by atoms with Crippen LogP contribution in [0.2, 0.25) is 0 Å². The summed E-state index contributed by atoms with van der Waals surface area (Å²) in [5, 5.41) is 0. The van der Waals surface area contributed by atoms with Crippen molar-refractivity contribution in [2.24, 2.45) is 0 Å². The van der Waals surface area contributed by atoms with Gasteiger partial charge in [-0.2, -0.15) is 0 Å². The van der Waals surface area contributed by atoms with Gasteiger partial charge in [0.05, 0.1) is 19.3 Å². The maximum Gasteiger partial charge on any atom is 0.128 e. The van der Waals surface area contributed by atoms with Gasteiger partial charge in [-0.05, 0) is 28.1 Å². The van der Waals surface area contributed by atoms with Crippen LogP contribution in [0, 0.1) is 0 Å². The van der Waals surface area contributed by atoms with E-state index in [9.17, 15) is 0 Å². The Labute approximate surface area is 104 Å². The second-order valence-electron chi connectivity index (χ2n) is 3.73. The van der Waals surface area contributed by atoms with Gasteiger partial charge in [0.1, 0.15) is 5.82 Å². The molecular weight excluding hydrogens is 272 g/mol. The van der Waals surface area contributed by atoms with Crippen LogP contribution < -0.4 is 4.90 Å². The number of anilines is 1. The Balaban J connectivity index is 2.01. The Morgan fingerprint density at radius 1 is 1.62 bits per heavy atom. The maximum atomic E-state index is 5.59. The third-order valence-corrected chi connectivity index (χ3v) is 3.00. The van der Waals surface area contributed by atoms with Crippen molar-refractivity contribution in [3.8, 4) is 0 Å². The van der Waals surface area contributed by atoms with Crippen LogP contribution in [0.4, 0.5) is 5.82 Å². The van der Waals surface area contributed by atoms with E-state index in [2.05, 4.69) is 25.8 Å². The molecule has 2 rings (SSSR count). The zero-order chi connectivity index (χ0) is 11.4. The first kappa shape index (κ1) is 11.8. The van der Waals surface area contributed by atoms with Crippen LogP contribution >= 0.6 is 15.9 Å². The average molecular weight is 287 g/mol. The molecule has 0 N–H and O–H groups in total. The fourth-order valence-corrected chi connectivity index (χ4v) is 2.00. The monoisotopic (exact) mass is 286 g/mol. The molecule has 0 aromatic carbocycles. The first-order valence-corrected chi connectivity index (χ1v) is 6.06. The van der Waals surface area contributed by atoms with Crippen LogP contribution in [0.5, 0.6) is 0 Å². The highest BCUT2D eigenvalue weighted by Gasteiger charge is 2.21. The lowest BCUT2D eigenvalue weighted by atomic mass is 10.3. The third kappa shape index (κ3) is 2.93. The molecule has 5 heteroatoms. The second-order valence-corrected chi connectivity index (χ2v) is 4.64. The normalized spacial score (nSPS) is 21.1. The van der Waals surface area contributed by atoms with Crippen molar-refractivity contribution in [2.75, 3.05) is 38.3 Å². The van der Waals surface area contributed by atoms with Crippen LogP contribution in [-0.4, -0.2) is 44.5 Å². The Morgan fingerprint density at radius 3 is 3.19 bits per heavy atom. The first-order chi connectivity index (χ1) is 7.79. The number of methoxy groups -OCH3 is 1. The van der Waals surface area contributed by atoms with Gasteiger partial charge < -0.3 is 14.4 Å². The van der Waals surface area contributed by atoms with Crippen LogP contribution in [0.1, 0.15) is 0 Å². The SMILES string of the molecule is COC[C@@H]1CN(c2ccc(Br)cn2)CCO1. The number of morpholine rings is 1. The van der Waals surface area contributed by atoms with Crippen LogP contribution in [-0.2, 0) is 9.47 Å². The molecule has 1 atom stereocenters. The van der Waals surface area contributed by atoms with E-state index in [-0.39, 0.29) is 6.10 Å². The Hall–Kier alpha value is -0.650. The molecule has 0 radical (unpaired) electrons. The summed E-state index contributed by atoms with van der Waals surface area (Å²) in [7, 11) is 1.69. The predicted octanol–water partition coefficient (Wildman–Crippen LogP) is 1.70. The van der Waals surface area contributed by atoms with Gasteiger partial charge in [-0.15, -0.1) is 0 Å². The maximum absolute atomic E-state index is 5.59. The molecule has 1 aromatic rings. The lowest BCUT2D eigenvalue weighted by molar-refractivity contribution is -0.0102. The second kappa shape index (κ2) is 5.61. The van der Waals surface area contributed by atoms with Gasteiger partial charge in [-0.25, -0.2) is 4.98 Å². The molecule has 0 spiro atoms. The average Bonchev–Trinajstić information content (AvgIpc) is 2.31. The van der Waals surface area contributed by atoms with E-state index in [4.69, 9.17) is 9.47 Å². The lowest BCUT2D eigenvalue weighted by Crippen LogP contribution is -2.44. The molecule has 0 bridgehead atoms. The van der Waals surface area contributed by atoms with Crippen molar-refractivity contribution in [1.29, 1.82) is 0 Å². The summed E-state index contributed by atoms with van der Waals surface area (Å²) in [5.74, 6) is 0.993. The van der Waals surface area contributed by atoms with Gasteiger partial charge >= 0.3 is 0 Å². The van der Waals surface area contributed by atoms with E-state index in [0.29, 0.717) is 6.61 Å². The van der Waals surface area contributed by atoms with Gasteiger partial charge in [-0.3, -0.25) is 0 Å². The molecule has 88 valence electrons. The van der Waals surface area contributed by atoms with E-state index in [0.717, 1.165) is 30.0 Å². The van der Waals surface area contributed by atoms with Gasteiger partial charge in [0.2, 0.25) is 0 Å². The van der Waals surface area contributed by atoms with E-state index in [1.807, 2.05) is 18.3 Å². The minimum absolute atomic E-state index is 0.143. The molecule has 1 fully saturated rings. The predicted molar refractivity (Wildman–Crippen MR) is 65.8 cm³/mol. The summed E-state index contributed by atoms with van der Waals surface area (Å²) in [6.45, 7) is 3.08. The molecule has 16 heavy (non-hydrogen) atoms. The number of halogens is 1. The molecule has 4 nitrogen and oxygen atoms in total. The van der Waals surface area contributed by atoms with Crippen LogP contribution in [0.3, 0.4) is 0 Å². The fourth-order valence-electron chi connectivity index (χ4n) is 1.77. The molecule has 2 heterocycles. The Morgan fingerprint density at radius 2 is 2.50 bits per heavy atom. The highest BCUT2D eigenvalue weighted by atomic mass is 79.9. The van der Waals surface area contributed by atoms with Crippen molar-refractivity contribution in [3.05, 3.63) is 22.8 Å². The standard InChI is InChI=1S/C11H15BrN2O2/c1-15-8-10-7-14(4-5-16-10)11-3-2-9(12)6-13-11/h2-3,6,10H,4-5,7-8H2,1H3/t10-/m0/s1. The van der Waals surface area contributed by atoms with Gasteiger partial charge in [-0.1, -0.05) is 0 Å². The summed E-state index contributed by atoms with van der Waals surface area (Å²) >= 11 is 3.38. The molecule has 0 aliphatic carbocycles. The number of pyridine rings is 1. The quantitative estimate of drug-likeness (QED) is 0.847. The Kier molecular flexibility index (Phi) is 4.15. The zero-order valence-corrected chi connectivity index (χ0v) is 10.8. The number of hydrogen-bond acceptors (Lipinski definition) is 4. The molecule has 0 amide bonds. The zero-order valence-electron chi connectivity index (χ0n) is 9.23. The van der Waals surface area contributed by atoms with Gasteiger partial charge in [0.25, 0.3) is 0 Å². The largest absolute Gasteiger partial charge is 0.382 e. The van der Waals surface area contributed by atoms with Gasteiger partial charge in [0, 0.05) is 30.9 Å². The summed E-state index contributed by atoms with van der Waals surface area (Å²) in [5.41, 5.74) is 0. The van der Waals surface area contributed by atoms with Crippen molar-refractivity contribution in [3.63, 3.8) is 0 Å². The minimum Gasteiger partial charge on any atom is -0.382 e. The van der Waals surface area contributed by atoms with Gasteiger partial charge in [0.15, 0.2) is 0 Å². The summed E-state index contributed by atoms with van der Waals surface area (Å²) in [6, 6.07) is 4.02. The summed E-state index contributed by atoms with van der Waals surface area (Å²) < 4.78 is 11.7. The van der Waals surface area contributed by atoms with E-state index >= 15 is 0 Å². The first-order valence-electron chi connectivity index (χ1n) is 5.26. The highest BCUT2D eigenvalue weighted by Crippen LogP contribution is 2.17. The van der Waals surface area contributed by atoms with Crippen LogP contribution in [0.15, 0.2) is 22.8 Å². The number of ether oxygens (including phenoxy) is 2.